The van der Waals surface area contributed by atoms with E-state index in [-0.39, 0.29) is 5.92 Å². The van der Waals surface area contributed by atoms with Crippen LogP contribution in [0.5, 0.6) is 0 Å². The number of aromatic nitrogens is 2. The molecule has 1 aliphatic heterocycles. The fourth-order valence-corrected chi connectivity index (χ4v) is 3.30. The van der Waals surface area contributed by atoms with E-state index >= 15 is 0 Å². The predicted octanol–water partition coefficient (Wildman–Crippen LogP) is 2.77. The van der Waals surface area contributed by atoms with Gasteiger partial charge in [-0.25, -0.2) is 4.98 Å². The van der Waals surface area contributed by atoms with Gasteiger partial charge in [-0.15, -0.1) is 0 Å². The largest absolute Gasteiger partial charge is 0.339 e. The molecule has 22 heavy (non-hydrogen) atoms. The van der Waals surface area contributed by atoms with Crippen LogP contribution in [0, 0.1) is 5.92 Å². The molecular weight excluding hydrogens is 276 g/mol. The van der Waals surface area contributed by atoms with E-state index in [0.29, 0.717) is 5.91 Å². The van der Waals surface area contributed by atoms with Gasteiger partial charge in [0.15, 0.2) is 0 Å². The Morgan fingerprint density at radius 3 is 2.32 bits per heavy atom. The molecule has 0 spiro atoms. The Morgan fingerprint density at radius 1 is 1.14 bits per heavy atom. The number of aryl methyl sites for hydroxylation is 1. The van der Waals surface area contributed by atoms with E-state index in [2.05, 4.69) is 40.1 Å². The highest BCUT2D eigenvalue weighted by atomic mass is 16.2. The van der Waals surface area contributed by atoms with Gasteiger partial charge in [-0.3, -0.25) is 4.79 Å². The molecule has 1 aliphatic rings. The van der Waals surface area contributed by atoms with Gasteiger partial charge in [-0.1, -0.05) is 26.7 Å². The first kappa shape index (κ1) is 16.8. The summed E-state index contributed by atoms with van der Waals surface area (Å²) in [5.74, 6) is 1.62. The average Bonchev–Trinajstić information content (AvgIpc) is 3.03. The number of hydrogen-bond acceptors (Lipinski definition) is 3. The average molecular weight is 306 g/mol. The number of amides is 1. The molecule has 0 aromatic carbocycles. The Kier molecular flexibility index (Phi) is 6.28. The summed E-state index contributed by atoms with van der Waals surface area (Å²) in [6.45, 7) is 10.8. The van der Waals surface area contributed by atoms with E-state index in [1.54, 1.807) is 0 Å². The lowest BCUT2D eigenvalue weighted by Crippen LogP contribution is -2.51. The summed E-state index contributed by atoms with van der Waals surface area (Å²) in [7, 11) is 0. The Balaban J connectivity index is 1.92. The fraction of sp³-hybridized carbons (Fsp3) is 0.765. The van der Waals surface area contributed by atoms with Gasteiger partial charge in [-0.05, 0) is 19.8 Å². The van der Waals surface area contributed by atoms with Crippen molar-refractivity contribution in [1.29, 1.82) is 0 Å². The first-order valence-electron chi connectivity index (χ1n) is 8.76. The summed E-state index contributed by atoms with van der Waals surface area (Å²) in [6, 6.07) is 0. The minimum absolute atomic E-state index is 0.221. The minimum atomic E-state index is 0.221. The van der Waals surface area contributed by atoms with E-state index in [9.17, 15) is 4.79 Å². The topological polar surface area (TPSA) is 41.4 Å². The standard InChI is InChI=1S/C17H30N4O/c1-4-7-15(8-5-2)16(22)20-11-13-21(14-12-20)17-18-9-10-19(17)6-3/h9-10,15H,4-8,11-14H2,1-3H3. The molecule has 1 aromatic heterocycles. The molecule has 1 fully saturated rings. The van der Waals surface area contributed by atoms with Gasteiger partial charge < -0.3 is 14.4 Å². The first-order valence-corrected chi connectivity index (χ1v) is 8.76. The normalized spacial score (nSPS) is 15.6. The van der Waals surface area contributed by atoms with Gasteiger partial charge in [0, 0.05) is 51.0 Å². The quantitative estimate of drug-likeness (QED) is 0.778. The van der Waals surface area contributed by atoms with Crippen LogP contribution in [0.25, 0.3) is 0 Å². The van der Waals surface area contributed by atoms with Gasteiger partial charge in [0.2, 0.25) is 11.9 Å². The molecule has 1 saturated heterocycles. The van der Waals surface area contributed by atoms with Gasteiger partial charge in [0.05, 0.1) is 0 Å². The molecule has 0 unspecified atom stereocenters. The highest BCUT2D eigenvalue weighted by molar-refractivity contribution is 5.79. The second kappa shape index (κ2) is 8.20. The monoisotopic (exact) mass is 306 g/mol. The van der Waals surface area contributed by atoms with Crippen molar-refractivity contribution in [3.63, 3.8) is 0 Å². The zero-order valence-electron chi connectivity index (χ0n) is 14.3. The number of carbonyl (C=O) groups is 1. The van der Waals surface area contributed by atoms with Crippen LogP contribution in [0.2, 0.25) is 0 Å². The Bertz CT molecular complexity index is 457. The van der Waals surface area contributed by atoms with Crippen molar-refractivity contribution in [3.05, 3.63) is 12.4 Å². The third-order valence-corrected chi connectivity index (χ3v) is 4.53. The molecule has 0 atom stereocenters. The van der Waals surface area contributed by atoms with Crippen molar-refractivity contribution in [2.45, 2.75) is 53.0 Å². The molecule has 5 nitrogen and oxygen atoms in total. The lowest BCUT2D eigenvalue weighted by Gasteiger charge is -2.37. The summed E-state index contributed by atoms with van der Waals surface area (Å²) >= 11 is 0. The molecule has 2 rings (SSSR count). The van der Waals surface area contributed by atoms with E-state index in [1.807, 2.05) is 12.4 Å². The van der Waals surface area contributed by atoms with Gasteiger partial charge >= 0.3 is 0 Å². The third-order valence-electron chi connectivity index (χ3n) is 4.53. The Labute approximate surface area is 134 Å². The lowest BCUT2D eigenvalue weighted by molar-refractivity contribution is -0.136. The maximum Gasteiger partial charge on any atom is 0.225 e. The van der Waals surface area contributed by atoms with Crippen molar-refractivity contribution in [2.24, 2.45) is 5.92 Å². The molecule has 5 heteroatoms. The molecule has 0 aliphatic carbocycles. The van der Waals surface area contributed by atoms with Gasteiger partial charge in [0.1, 0.15) is 0 Å². The molecule has 1 aromatic rings. The number of rotatable bonds is 7. The van der Waals surface area contributed by atoms with Crippen LogP contribution >= 0.6 is 0 Å². The van der Waals surface area contributed by atoms with E-state index in [4.69, 9.17) is 0 Å². The Hall–Kier alpha value is -1.52. The molecule has 1 amide bonds. The molecular formula is C17H30N4O. The number of anilines is 1. The van der Waals surface area contributed by atoms with Crippen LogP contribution in [-0.2, 0) is 11.3 Å². The smallest absolute Gasteiger partial charge is 0.225 e. The number of nitrogens with zero attached hydrogens (tertiary/aromatic N) is 4. The summed E-state index contributed by atoms with van der Waals surface area (Å²) in [6.07, 6.45) is 8.09. The van der Waals surface area contributed by atoms with E-state index in [0.717, 1.165) is 64.4 Å². The first-order chi connectivity index (χ1) is 10.7. The molecule has 0 radical (unpaired) electrons. The molecule has 0 saturated carbocycles. The maximum atomic E-state index is 12.7. The number of piperazine rings is 1. The van der Waals surface area contributed by atoms with Crippen molar-refractivity contribution < 1.29 is 4.79 Å². The maximum absolute atomic E-state index is 12.7. The molecule has 0 bridgehead atoms. The van der Waals surface area contributed by atoms with Gasteiger partial charge in [-0.2, -0.15) is 0 Å². The third kappa shape index (κ3) is 3.81. The second-order valence-electron chi connectivity index (χ2n) is 6.10. The lowest BCUT2D eigenvalue weighted by atomic mass is 9.96. The number of carbonyl (C=O) groups excluding carboxylic acids is 1. The van der Waals surface area contributed by atoms with Crippen LogP contribution in [0.15, 0.2) is 12.4 Å². The number of imidazole rings is 1. The Morgan fingerprint density at radius 2 is 1.77 bits per heavy atom. The highest BCUT2D eigenvalue weighted by Gasteiger charge is 2.27. The second-order valence-corrected chi connectivity index (χ2v) is 6.10. The predicted molar refractivity (Wildman–Crippen MR) is 90.0 cm³/mol. The van der Waals surface area contributed by atoms with Crippen molar-refractivity contribution >= 4 is 11.9 Å². The van der Waals surface area contributed by atoms with Crippen LogP contribution in [0.4, 0.5) is 5.95 Å². The molecule has 124 valence electrons. The van der Waals surface area contributed by atoms with Crippen LogP contribution < -0.4 is 4.90 Å². The zero-order chi connectivity index (χ0) is 15.9. The fourth-order valence-electron chi connectivity index (χ4n) is 3.30. The summed E-state index contributed by atoms with van der Waals surface area (Å²) in [5.41, 5.74) is 0. The van der Waals surface area contributed by atoms with Crippen molar-refractivity contribution in [3.8, 4) is 0 Å². The van der Waals surface area contributed by atoms with Crippen LogP contribution in [-0.4, -0.2) is 46.5 Å². The minimum Gasteiger partial charge on any atom is -0.339 e. The van der Waals surface area contributed by atoms with Crippen molar-refractivity contribution in [1.82, 2.24) is 14.5 Å². The highest BCUT2D eigenvalue weighted by Crippen LogP contribution is 2.20. The molecule has 0 N–H and O–H groups in total. The SMILES string of the molecule is CCCC(CCC)C(=O)N1CCN(c2nccn2CC)CC1. The van der Waals surface area contributed by atoms with Crippen LogP contribution in [0.3, 0.4) is 0 Å². The van der Waals surface area contributed by atoms with E-state index in [1.165, 1.54) is 0 Å². The summed E-state index contributed by atoms with van der Waals surface area (Å²) in [5, 5.41) is 0. The molecule has 2 heterocycles. The summed E-state index contributed by atoms with van der Waals surface area (Å²) < 4.78 is 2.16. The zero-order valence-corrected chi connectivity index (χ0v) is 14.3. The summed E-state index contributed by atoms with van der Waals surface area (Å²) in [4.78, 5) is 21.5. The van der Waals surface area contributed by atoms with Crippen molar-refractivity contribution in [2.75, 3.05) is 31.1 Å². The van der Waals surface area contributed by atoms with Gasteiger partial charge in [0.25, 0.3) is 0 Å². The van der Waals surface area contributed by atoms with E-state index < -0.39 is 0 Å². The van der Waals surface area contributed by atoms with Crippen LogP contribution in [0.1, 0.15) is 46.5 Å². The number of hydrogen-bond donors (Lipinski definition) is 0.